The Balaban J connectivity index is 2.06. The summed E-state index contributed by atoms with van der Waals surface area (Å²) in [4.78, 5) is 22.6. The van der Waals surface area contributed by atoms with Crippen LogP contribution < -0.4 is 10.0 Å². The lowest BCUT2D eigenvalue weighted by Crippen LogP contribution is -2.54. The first kappa shape index (κ1) is 26.3. The predicted molar refractivity (Wildman–Crippen MR) is 111 cm³/mol. The Labute approximate surface area is 186 Å². The minimum atomic E-state index is -5.27. The fourth-order valence-electron chi connectivity index (χ4n) is 3.62. The summed E-state index contributed by atoms with van der Waals surface area (Å²) < 4.78 is 69.3. The van der Waals surface area contributed by atoms with E-state index in [1.807, 2.05) is 0 Å². The highest BCUT2D eigenvalue weighted by Crippen LogP contribution is 2.28. The summed E-state index contributed by atoms with van der Waals surface area (Å²) in [5.41, 5.74) is -0.00413. The molecule has 1 fully saturated rings. The van der Waals surface area contributed by atoms with Gasteiger partial charge in [0.1, 0.15) is 0 Å². The van der Waals surface area contributed by atoms with E-state index in [0.717, 1.165) is 31.2 Å². The van der Waals surface area contributed by atoms with E-state index in [4.69, 9.17) is 0 Å². The van der Waals surface area contributed by atoms with Crippen LogP contribution in [0, 0.1) is 0 Å². The number of aryl methyl sites for hydroxylation is 1. The van der Waals surface area contributed by atoms with Gasteiger partial charge in [-0.15, -0.1) is 0 Å². The first-order valence-electron chi connectivity index (χ1n) is 10.6. The van der Waals surface area contributed by atoms with Crippen molar-refractivity contribution in [3.8, 4) is 0 Å². The molecule has 0 saturated carbocycles. The van der Waals surface area contributed by atoms with Crippen LogP contribution in [0.5, 0.6) is 0 Å². The Kier molecular flexibility index (Phi) is 9.23. The second-order valence-electron chi connectivity index (χ2n) is 8.00. The molecular weight excluding hydrogens is 449 g/mol. The van der Waals surface area contributed by atoms with Crippen LogP contribution in [0.25, 0.3) is 0 Å². The van der Waals surface area contributed by atoms with Crippen LogP contribution in [0.1, 0.15) is 57.4 Å². The van der Waals surface area contributed by atoms with Crippen molar-refractivity contribution in [2.24, 2.45) is 0 Å². The van der Waals surface area contributed by atoms with Crippen molar-refractivity contribution in [3.05, 3.63) is 29.8 Å². The van der Waals surface area contributed by atoms with Crippen LogP contribution in [-0.4, -0.2) is 45.2 Å². The summed E-state index contributed by atoms with van der Waals surface area (Å²) in [6, 6.07) is 6.57. The Morgan fingerprint density at radius 3 is 2.31 bits per heavy atom. The number of alkyl halides is 3. The maximum atomic E-state index is 13.0. The number of esters is 2. The van der Waals surface area contributed by atoms with Gasteiger partial charge in [-0.3, -0.25) is 4.79 Å². The Bertz CT molecular complexity index is 880. The number of halogens is 3. The molecule has 1 aliphatic rings. The molecule has 1 aromatic carbocycles. The molecule has 0 amide bonds. The number of rotatable bonds is 10. The van der Waals surface area contributed by atoms with E-state index in [0.29, 0.717) is 25.9 Å². The molecule has 11 heteroatoms. The number of benzene rings is 1. The molecule has 0 bridgehead atoms. The van der Waals surface area contributed by atoms with E-state index in [1.54, 1.807) is 12.1 Å². The zero-order valence-electron chi connectivity index (χ0n) is 18.0. The minimum Gasteiger partial charge on any atom is -0.386 e. The normalized spacial score (nSPS) is 16.5. The average molecular weight is 479 g/mol. The van der Waals surface area contributed by atoms with E-state index in [9.17, 15) is 31.2 Å². The molecule has 7 nitrogen and oxygen atoms in total. The molecule has 32 heavy (non-hydrogen) atoms. The molecule has 1 aliphatic heterocycles. The number of hydrogen-bond acceptors (Lipinski definition) is 6. The van der Waals surface area contributed by atoms with Gasteiger partial charge in [-0.05, 0) is 62.9 Å². The topological polar surface area (TPSA) is 102 Å². The molecule has 0 spiro atoms. The Hall–Kier alpha value is -1.98. The lowest BCUT2D eigenvalue weighted by molar-refractivity contribution is -0.202. The summed E-state index contributed by atoms with van der Waals surface area (Å²) in [5, 5.41) is 3.08. The van der Waals surface area contributed by atoms with Gasteiger partial charge in [0.25, 0.3) is 0 Å². The summed E-state index contributed by atoms with van der Waals surface area (Å²) in [5.74, 6) is -3.93. The molecule has 0 atom stereocenters. The van der Waals surface area contributed by atoms with E-state index < -0.39 is 40.1 Å². The van der Waals surface area contributed by atoms with Gasteiger partial charge < -0.3 is 10.1 Å². The van der Waals surface area contributed by atoms with Crippen molar-refractivity contribution >= 4 is 22.0 Å². The lowest BCUT2D eigenvalue weighted by atomic mass is 9.85. The van der Waals surface area contributed by atoms with Gasteiger partial charge in [-0.2, -0.15) is 13.2 Å². The number of ether oxygens (including phenoxy) is 1. The molecule has 1 aromatic rings. The second kappa shape index (κ2) is 11.2. The van der Waals surface area contributed by atoms with Gasteiger partial charge in [-0.25, -0.2) is 17.9 Å². The maximum Gasteiger partial charge on any atom is 0.491 e. The molecule has 1 saturated heterocycles. The number of carbonyl (C=O) groups is 2. The number of nitrogens with one attached hydrogen (secondary N) is 2. The van der Waals surface area contributed by atoms with E-state index in [1.165, 1.54) is 12.1 Å². The standard InChI is InChI=1S/C21H29F3N2O5S/c1-2-3-4-5-16-6-8-17(9-7-16)32(29,30)26-20(12-14-25-15-13-20)11-10-18(27)31-19(28)21(22,23)24/h6-9,25-26H,2-5,10-15H2,1H3. The minimum absolute atomic E-state index is 0.0736. The molecule has 0 aromatic heterocycles. The van der Waals surface area contributed by atoms with E-state index in [-0.39, 0.29) is 11.3 Å². The Morgan fingerprint density at radius 1 is 1.12 bits per heavy atom. The number of carbonyl (C=O) groups excluding carboxylic acids is 2. The van der Waals surface area contributed by atoms with Crippen molar-refractivity contribution in [3.63, 3.8) is 0 Å². The van der Waals surface area contributed by atoms with Crippen molar-refractivity contribution in [1.82, 2.24) is 10.0 Å². The molecule has 2 N–H and O–H groups in total. The monoisotopic (exact) mass is 478 g/mol. The SMILES string of the molecule is CCCCCc1ccc(S(=O)(=O)NC2(CCC(=O)OC(=O)C(F)(F)F)CCNCC2)cc1. The largest absolute Gasteiger partial charge is 0.491 e. The van der Waals surface area contributed by atoms with Crippen LogP contribution >= 0.6 is 0 Å². The number of unbranched alkanes of at least 4 members (excludes halogenated alkanes) is 2. The quantitative estimate of drug-likeness (QED) is 0.304. The van der Waals surface area contributed by atoms with E-state index in [2.05, 4.69) is 21.7 Å². The van der Waals surface area contributed by atoms with Crippen LogP contribution in [-0.2, 0) is 30.8 Å². The number of piperidine rings is 1. The van der Waals surface area contributed by atoms with E-state index >= 15 is 0 Å². The fourth-order valence-corrected chi connectivity index (χ4v) is 5.11. The van der Waals surface area contributed by atoms with Crippen molar-refractivity contribution < 1.29 is 35.9 Å². The predicted octanol–water partition coefficient (Wildman–Crippen LogP) is 3.23. The third-order valence-electron chi connectivity index (χ3n) is 5.46. The van der Waals surface area contributed by atoms with Crippen LogP contribution in [0.2, 0.25) is 0 Å². The molecule has 2 rings (SSSR count). The third-order valence-corrected chi connectivity index (χ3v) is 7.05. The van der Waals surface area contributed by atoms with Gasteiger partial charge in [0.05, 0.1) is 4.90 Å². The van der Waals surface area contributed by atoms with Gasteiger partial charge >= 0.3 is 18.1 Å². The first-order chi connectivity index (χ1) is 15.0. The van der Waals surface area contributed by atoms with Crippen molar-refractivity contribution in [2.75, 3.05) is 13.1 Å². The highest BCUT2D eigenvalue weighted by molar-refractivity contribution is 7.89. The third kappa shape index (κ3) is 7.86. The first-order valence-corrected chi connectivity index (χ1v) is 12.1. The molecule has 1 heterocycles. The summed E-state index contributed by atoms with van der Waals surface area (Å²) in [6.07, 6.45) is -1.16. The Morgan fingerprint density at radius 2 is 1.75 bits per heavy atom. The van der Waals surface area contributed by atoms with Crippen LogP contribution in [0.15, 0.2) is 29.2 Å². The molecule has 0 unspecified atom stereocenters. The van der Waals surface area contributed by atoms with Gasteiger partial charge in [0, 0.05) is 12.0 Å². The fraction of sp³-hybridized carbons (Fsp3) is 0.619. The number of hydrogen-bond donors (Lipinski definition) is 2. The van der Waals surface area contributed by atoms with Crippen molar-refractivity contribution in [2.45, 2.75) is 74.9 Å². The van der Waals surface area contributed by atoms with Gasteiger partial charge in [0.2, 0.25) is 10.0 Å². The van der Waals surface area contributed by atoms with Gasteiger partial charge in [0.15, 0.2) is 0 Å². The van der Waals surface area contributed by atoms with Crippen LogP contribution in [0.3, 0.4) is 0 Å². The molecule has 0 aliphatic carbocycles. The smallest absolute Gasteiger partial charge is 0.386 e. The second-order valence-corrected chi connectivity index (χ2v) is 9.68. The summed E-state index contributed by atoms with van der Waals surface area (Å²) in [6.45, 7) is 3.04. The lowest BCUT2D eigenvalue weighted by Gasteiger charge is -2.38. The van der Waals surface area contributed by atoms with Crippen LogP contribution in [0.4, 0.5) is 13.2 Å². The summed E-state index contributed by atoms with van der Waals surface area (Å²) >= 11 is 0. The zero-order valence-corrected chi connectivity index (χ0v) is 18.8. The molecular formula is C21H29F3N2O5S. The zero-order chi connectivity index (χ0) is 23.8. The van der Waals surface area contributed by atoms with Gasteiger partial charge in [-0.1, -0.05) is 31.9 Å². The highest BCUT2D eigenvalue weighted by Gasteiger charge is 2.43. The molecule has 180 valence electrons. The maximum absolute atomic E-state index is 13.0. The average Bonchev–Trinajstić information content (AvgIpc) is 2.73. The molecule has 0 radical (unpaired) electrons. The summed E-state index contributed by atoms with van der Waals surface area (Å²) in [7, 11) is -3.93. The number of sulfonamides is 1. The highest BCUT2D eigenvalue weighted by atomic mass is 32.2. The van der Waals surface area contributed by atoms with Crippen molar-refractivity contribution in [1.29, 1.82) is 0 Å².